The van der Waals surface area contributed by atoms with E-state index in [4.69, 9.17) is 15.2 Å². The van der Waals surface area contributed by atoms with Crippen molar-refractivity contribution in [2.75, 3.05) is 33.4 Å². The predicted octanol–water partition coefficient (Wildman–Crippen LogP) is 4.30. The van der Waals surface area contributed by atoms with Crippen LogP contribution in [0.1, 0.15) is 49.7 Å². The van der Waals surface area contributed by atoms with E-state index in [9.17, 15) is 14.3 Å². The third-order valence-corrected chi connectivity index (χ3v) is 7.82. The molecule has 1 aliphatic heterocycles. The Labute approximate surface area is 217 Å². The minimum Gasteiger partial charge on any atom is -0.385 e. The molecular weight excluding hydrogens is 478 g/mol. The summed E-state index contributed by atoms with van der Waals surface area (Å²) in [5, 5.41) is 12.3. The van der Waals surface area contributed by atoms with Crippen LogP contribution in [0, 0.1) is 24.5 Å². The molecule has 1 unspecified atom stereocenters. The van der Waals surface area contributed by atoms with E-state index in [2.05, 4.69) is 0 Å². The Hall–Kier alpha value is -2.39. The number of methoxy groups -OCH3 is 1. The molecule has 2 aromatic carbocycles. The maximum absolute atomic E-state index is 15.4. The van der Waals surface area contributed by atoms with Crippen LogP contribution in [-0.4, -0.2) is 61.5 Å². The molecule has 1 heterocycles. The number of benzene rings is 2. The lowest BCUT2D eigenvalue weighted by atomic mass is 9.78. The number of halogens is 2. The van der Waals surface area contributed by atoms with Crippen molar-refractivity contribution >= 4 is 5.91 Å². The molecule has 8 heteroatoms. The van der Waals surface area contributed by atoms with Crippen molar-refractivity contribution < 1.29 is 28.2 Å². The van der Waals surface area contributed by atoms with Crippen LogP contribution in [0.3, 0.4) is 0 Å². The first-order chi connectivity index (χ1) is 17.7. The Morgan fingerprint density at radius 1 is 1.22 bits per heavy atom. The van der Waals surface area contributed by atoms with Gasteiger partial charge in [-0.05, 0) is 80.3 Å². The van der Waals surface area contributed by atoms with Crippen LogP contribution >= 0.6 is 0 Å². The normalized spacial score (nSPS) is 23.7. The van der Waals surface area contributed by atoms with Crippen LogP contribution in [0.4, 0.5) is 8.78 Å². The Morgan fingerprint density at radius 2 is 2.03 bits per heavy atom. The summed E-state index contributed by atoms with van der Waals surface area (Å²) in [5.74, 6) is -0.970. The summed E-state index contributed by atoms with van der Waals surface area (Å²) in [4.78, 5) is 15.0. The lowest BCUT2D eigenvalue weighted by Gasteiger charge is -2.43. The summed E-state index contributed by atoms with van der Waals surface area (Å²) in [7, 11) is 1.62. The SMILES string of the molecule is COCCCC[C@@](O)(c1cccc(F)c1-c1ccc(F)c(C)c1)C1CN(C(=O)[C@@H]2CC[C@H](N)C2)CCO1. The van der Waals surface area contributed by atoms with Gasteiger partial charge < -0.3 is 25.2 Å². The molecule has 1 aliphatic carbocycles. The Morgan fingerprint density at radius 3 is 2.73 bits per heavy atom. The van der Waals surface area contributed by atoms with Crippen molar-refractivity contribution in [1.29, 1.82) is 0 Å². The molecule has 202 valence electrons. The Bertz CT molecular complexity index is 1100. The molecule has 4 atom stereocenters. The number of hydrogen-bond acceptors (Lipinski definition) is 5. The number of amides is 1. The number of ether oxygens (including phenoxy) is 2. The van der Waals surface area contributed by atoms with E-state index in [0.717, 1.165) is 12.8 Å². The van der Waals surface area contributed by atoms with E-state index >= 15 is 4.39 Å². The molecule has 37 heavy (non-hydrogen) atoms. The van der Waals surface area contributed by atoms with Crippen LogP contribution in [0.2, 0.25) is 0 Å². The topological polar surface area (TPSA) is 85.0 Å². The van der Waals surface area contributed by atoms with Crippen molar-refractivity contribution in [3.63, 3.8) is 0 Å². The third-order valence-electron chi connectivity index (χ3n) is 7.82. The smallest absolute Gasteiger partial charge is 0.225 e. The van der Waals surface area contributed by atoms with Crippen molar-refractivity contribution in [3.05, 3.63) is 59.2 Å². The monoisotopic (exact) mass is 516 g/mol. The van der Waals surface area contributed by atoms with Gasteiger partial charge in [0.25, 0.3) is 0 Å². The van der Waals surface area contributed by atoms with E-state index in [1.54, 1.807) is 37.1 Å². The van der Waals surface area contributed by atoms with Gasteiger partial charge in [-0.25, -0.2) is 8.78 Å². The van der Waals surface area contributed by atoms with E-state index < -0.39 is 17.5 Å². The summed E-state index contributed by atoms with van der Waals surface area (Å²) in [6.07, 6.45) is 3.10. The summed E-state index contributed by atoms with van der Waals surface area (Å²) in [6, 6.07) is 9.06. The van der Waals surface area contributed by atoms with E-state index in [0.29, 0.717) is 49.1 Å². The van der Waals surface area contributed by atoms with Gasteiger partial charge in [-0.1, -0.05) is 18.2 Å². The van der Waals surface area contributed by atoms with Crippen molar-refractivity contribution in [3.8, 4) is 11.1 Å². The quantitative estimate of drug-likeness (QED) is 0.486. The first-order valence-electron chi connectivity index (χ1n) is 13.2. The van der Waals surface area contributed by atoms with Crippen molar-refractivity contribution in [2.45, 2.75) is 63.2 Å². The van der Waals surface area contributed by atoms with Gasteiger partial charge in [-0.15, -0.1) is 0 Å². The van der Waals surface area contributed by atoms with E-state index in [-0.39, 0.29) is 48.8 Å². The second kappa shape index (κ2) is 12.0. The van der Waals surface area contributed by atoms with Gasteiger partial charge in [0.05, 0.1) is 13.2 Å². The highest BCUT2D eigenvalue weighted by atomic mass is 19.1. The standard InChI is InChI=1S/C29H38F2N2O4/c1-19-16-20(9-11-24(19)30)27-23(6-5-7-25(27)31)29(35,12-3-4-14-36-2)26-18-33(13-15-37-26)28(34)21-8-10-22(32)17-21/h5-7,9,11,16,21-22,26,35H,3-4,8,10,12-15,17-18,32H2,1-2H3/t21-,22+,26?,29-/m1/s1. The van der Waals surface area contributed by atoms with Gasteiger partial charge in [0.1, 0.15) is 23.3 Å². The van der Waals surface area contributed by atoms with Crippen LogP contribution in [0.5, 0.6) is 0 Å². The van der Waals surface area contributed by atoms with Gasteiger partial charge in [-0.3, -0.25) is 4.79 Å². The minimum atomic E-state index is -1.58. The fourth-order valence-electron chi connectivity index (χ4n) is 5.73. The number of nitrogens with two attached hydrogens (primary N) is 1. The lowest BCUT2D eigenvalue weighted by molar-refractivity contribution is -0.167. The molecular formula is C29H38F2N2O4. The van der Waals surface area contributed by atoms with Crippen LogP contribution < -0.4 is 5.73 Å². The number of aryl methyl sites for hydroxylation is 1. The predicted molar refractivity (Wildman–Crippen MR) is 138 cm³/mol. The molecule has 1 saturated carbocycles. The van der Waals surface area contributed by atoms with Crippen molar-refractivity contribution in [1.82, 2.24) is 4.90 Å². The largest absolute Gasteiger partial charge is 0.385 e. The second-order valence-corrected chi connectivity index (χ2v) is 10.4. The molecule has 2 aromatic rings. The average molecular weight is 517 g/mol. The maximum Gasteiger partial charge on any atom is 0.225 e. The molecule has 0 spiro atoms. The molecule has 1 saturated heterocycles. The van der Waals surface area contributed by atoms with Gasteiger partial charge >= 0.3 is 0 Å². The van der Waals surface area contributed by atoms with Gasteiger partial charge in [0.2, 0.25) is 5.91 Å². The van der Waals surface area contributed by atoms with Gasteiger partial charge in [-0.2, -0.15) is 0 Å². The number of rotatable bonds is 9. The zero-order chi connectivity index (χ0) is 26.6. The number of carbonyl (C=O) groups excluding carboxylic acids is 1. The molecule has 0 bridgehead atoms. The molecule has 3 N–H and O–H groups in total. The fraction of sp³-hybridized carbons (Fsp3) is 0.552. The zero-order valence-corrected chi connectivity index (χ0v) is 21.7. The molecule has 1 amide bonds. The first kappa shape index (κ1) is 27.6. The van der Waals surface area contributed by atoms with Crippen LogP contribution in [-0.2, 0) is 19.9 Å². The summed E-state index contributed by atoms with van der Waals surface area (Å²) in [5.41, 5.74) is 5.91. The molecule has 0 aromatic heterocycles. The van der Waals surface area contributed by atoms with Crippen LogP contribution in [0.15, 0.2) is 36.4 Å². The summed E-state index contributed by atoms with van der Waals surface area (Å²) < 4.78 is 40.7. The fourth-order valence-corrected chi connectivity index (χ4v) is 5.73. The first-order valence-corrected chi connectivity index (χ1v) is 13.2. The Kier molecular flexibility index (Phi) is 8.95. The number of aliphatic hydroxyl groups is 1. The van der Waals surface area contributed by atoms with Crippen molar-refractivity contribution in [2.24, 2.45) is 11.7 Å². The maximum atomic E-state index is 15.4. The summed E-state index contributed by atoms with van der Waals surface area (Å²) in [6.45, 7) is 3.06. The number of morpholine rings is 1. The number of hydrogen-bond donors (Lipinski definition) is 2. The Balaban J connectivity index is 1.70. The zero-order valence-electron chi connectivity index (χ0n) is 21.7. The highest BCUT2D eigenvalue weighted by Crippen LogP contribution is 2.41. The van der Waals surface area contributed by atoms with E-state index in [1.807, 2.05) is 0 Å². The molecule has 4 rings (SSSR count). The molecule has 2 aliphatic rings. The number of carbonyl (C=O) groups is 1. The van der Waals surface area contributed by atoms with E-state index in [1.165, 1.54) is 18.2 Å². The molecule has 2 fully saturated rings. The number of nitrogens with zero attached hydrogens (tertiary/aromatic N) is 1. The highest BCUT2D eigenvalue weighted by Gasteiger charge is 2.45. The summed E-state index contributed by atoms with van der Waals surface area (Å²) >= 11 is 0. The van der Waals surface area contributed by atoms with Gasteiger partial charge in [0.15, 0.2) is 0 Å². The van der Waals surface area contributed by atoms with Crippen LogP contribution in [0.25, 0.3) is 11.1 Å². The second-order valence-electron chi connectivity index (χ2n) is 10.4. The molecule has 0 radical (unpaired) electrons. The highest BCUT2D eigenvalue weighted by molar-refractivity contribution is 5.79. The average Bonchev–Trinajstić information content (AvgIpc) is 3.34. The van der Waals surface area contributed by atoms with Gasteiger partial charge in [0, 0.05) is 37.8 Å². The minimum absolute atomic E-state index is 0.0385. The number of unbranched alkanes of at least 4 members (excludes halogenated alkanes) is 1. The molecule has 6 nitrogen and oxygen atoms in total. The lowest BCUT2D eigenvalue weighted by Crippen LogP contribution is -2.55. The third kappa shape index (κ3) is 6.03.